The monoisotopic (exact) mass is 303 g/mol. The number of aryl methyl sites for hydroxylation is 1. The molecule has 0 spiro atoms. The lowest BCUT2D eigenvalue weighted by Crippen LogP contribution is -2.25. The molecule has 0 amide bonds. The van der Waals surface area contributed by atoms with Crippen LogP contribution in [0.5, 0.6) is 0 Å². The van der Waals surface area contributed by atoms with Gasteiger partial charge in [0.2, 0.25) is 0 Å². The molecule has 0 bridgehead atoms. The molecule has 0 saturated heterocycles. The van der Waals surface area contributed by atoms with Crippen molar-refractivity contribution < 1.29 is 8.42 Å². The van der Waals surface area contributed by atoms with Crippen molar-refractivity contribution in [1.82, 2.24) is 8.96 Å². The van der Waals surface area contributed by atoms with Gasteiger partial charge >= 0.3 is 5.69 Å². The third-order valence-corrected chi connectivity index (χ3v) is 4.89. The summed E-state index contributed by atoms with van der Waals surface area (Å²) >= 11 is 0. The number of anilines is 1. The van der Waals surface area contributed by atoms with Crippen LogP contribution < -0.4 is 11.4 Å². The van der Waals surface area contributed by atoms with Crippen molar-refractivity contribution in [3.05, 3.63) is 58.5 Å². The van der Waals surface area contributed by atoms with Crippen LogP contribution in [0.3, 0.4) is 0 Å². The molecule has 3 rings (SSSR count). The largest absolute Gasteiger partial charge is 0.399 e. The van der Waals surface area contributed by atoms with Crippen LogP contribution in [0, 0.1) is 6.92 Å². The number of nitrogens with zero attached hydrogens (tertiary/aromatic N) is 1. The molecule has 0 aliphatic heterocycles. The highest BCUT2D eigenvalue weighted by atomic mass is 32.2. The maximum absolute atomic E-state index is 12.7. The Bertz CT molecular complexity index is 1000. The molecule has 0 fully saturated rings. The maximum Gasteiger partial charge on any atom is 0.340 e. The van der Waals surface area contributed by atoms with E-state index in [1.807, 2.05) is 0 Å². The number of rotatable bonds is 2. The van der Waals surface area contributed by atoms with Gasteiger partial charge in [0, 0.05) is 5.69 Å². The summed E-state index contributed by atoms with van der Waals surface area (Å²) in [6.45, 7) is 1.79. The van der Waals surface area contributed by atoms with Crippen molar-refractivity contribution in [3.8, 4) is 0 Å². The zero-order valence-corrected chi connectivity index (χ0v) is 12.0. The van der Waals surface area contributed by atoms with Crippen LogP contribution in [0.2, 0.25) is 0 Å². The molecule has 6 nitrogen and oxygen atoms in total. The van der Waals surface area contributed by atoms with Crippen LogP contribution in [0.25, 0.3) is 11.0 Å². The van der Waals surface area contributed by atoms with Gasteiger partial charge in [0.25, 0.3) is 10.0 Å². The highest BCUT2D eigenvalue weighted by Crippen LogP contribution is 2.20. The van der Waals surface area contributed by atoms with Gasteiger partial charge in [-0.05, 0) is 42.8 Å². The summed E-state index contributed by atoms with van der Waals surface area (Å²) < 4.78 is 26.1. The predicted octanol–water partition coefficient (Wildman–Crippen LogP) is 1.46. The van der Waals surface area contributed by atoms with Crippen molar-refractivity contribution in [3.63, 3.8) is 0 Å². The van der Waals surface area contributed by atoms with Crippen LogP contribution in [-0.4, -0.2) is 17.4 Å². The van der Waals surface area contributed by atoms with E-state index in [0.29, 0.717) is 11.2 Å². The molecule has 0 unspecified atom stereocenters. The molecule has 3 N–H and O–H groups in total. The number of nitrogen functional groups attached to an aromatic ring is 1. The fraction of sp³-hybridized carbons (Fsp3) is 0.0714. The molecule has 0 saturated carbocycles. The number of aromatic nitrogens is 2. The van der Waals surface area contributed by atoms with Gasteiger partial charge in [-0.15, -0.1) is 0 Å². The normalized spacial score (nSPS) is 11.9. The Morgan fingerprint density at radius 1 is 1.14 bits per heavy atom. The van der Waals surface area contributed by atoms with E-state index in [4.69, 9.17) is 5.73 Å². The minimum absolute atomic E-state index is 0.0629. The molecule has 2 aromatic carbocycles. The molecular weight excluding hydrogens is 290 g/mol. The summed E-state index contributed by atoms with van der Waals surface area (Å²) in [4.78, 5) is 14.6. The summed E-state index contributed by atoms with van der Waals surface area (Å²) in [7, 11) is -3.97. The van der Waals surface area contributed by atoms with E-state index in [1.54, 1.807) is 31.2 Å². The zero-order valence-electron chi connectivity index (χ0n) is 11.2. The molecule has 0 aliphatic carbocycles. The van der Waals surface area contributed by atoms with Gasteiger partial charge in [-0.2, -0.15) is 3.97 Å². The highest BCUT2D eigenvalue weighted by molar-refractivity contribution is 7.90. The van der Waals surface area contributed by atoms with E-state index in [1.165, 1.54) is 18.2 Å². The quantitative estimate of drug-likeness (QED) is 0.700. The van der Waals surface area contributed by atoms with Gasteiger partial charge in [-0.1, -0.05) is 12.1 Å². The maximum atomic E-state index is 12.7. The van der Waals surface area contributed by atoms with Crippen LogP contribution in [-0.2, 0) is 10.0 Å². The molecule has 1 heterocycles. The first-order chi connectivity index (χ1) is 9.89. The van der Waals surface area contributed by atoms with Crippen LogP contribution in [0.15, 0.2) is 52.2 Å². The van der Waals surface area contributed by atoms with Crippen LogP contribution in [0.4, 0.5) is 5.69 Å². The number of hydrogen-bond acceptors (Lipinski definition) is 4. The lowest BCUT2D eigenvalue weighted by atomic mass is 10.2. The summed E-state index contributed by atoms with van der Waals surface area (Å²) in [6, 6.07) is 11.0. The molecular formula is C14H13N3O3S. The topological polar surface area (TPSA) is 98.0 Å². The summed E-state index contributed by atoms with van der Waals surface area (Å²) in [5.41, 5.74) is 6.81. The van der Waals surface area contributed by atoms with Gasteiger partial charge in [0.1, 0.15) is 0 Å². The van der Waals surface area contributed by atoms with Gasteiger partial charge in [-0.25, -0.2) is 13.2 Å². The molecule has 7 heteroatoms. The lowest BCUT2D eigenvalue weighted by molar-refractivity contribution is 0.587. The SMILES string of the molecule is Cc1cccc(S(=O)(=O)n2c(=O)[nH]c3ccc(N)cc32)c1. The average Bonchev–Trinajstić information content (AvgIpc) is 2.74. The van der Waals surface area contributed by atoms with Gasteiger partial charge in [0.05, 0.1) is 15.9 Å². The van der Waals surface area contributed by atoms with E-state index in [-0.39, 0.29) is 10.4 Å². The Morgan fingerprint density at radius 2 is 1.90 bits per heavy atom. The Balaban J connectivity index is 2.36. The van der Waals surface area contributed by atoms with Crippen molar-refractivity contribution in [2.24, 2.45) is 0 Å². The number of aromatic amines is 1. The molecule has 0 aliphatic rings. The first-order valence-corrected chi connectivity index (χ1v) is 7.66. The number of fused-ring (bicyclic) bond motifs is 1. The first-order valence-electron chi connectivity index (χ1n) is 6.22. The third-order valence-electron chi connectivity index (χ3n) is 3.19. The summed E-state index contributed by atoms with van der Waals surface area (Å²) in [5, 5.41) is 0. The second-order valence-corrected chi connectivity index (χ2v) is 6.58. The first kappa shape index (κ1) is 13.4. The zero-order chi connectivity index (χ0) is 15.2. The van der Waals surface area contributed by atoms with Crippen molar-refractivity contribution >= 4 is 26.7 Å². The number of benzene rings is 2. The Morgan fingerprint density at radius 3 is 2.62 bits per heavy atom. The molecule has 1 aromatic heterocycles. The molecule has 3 aromatic rings. The Kier molecular flexibility index (Phi) is 2.87. The minimum atomic E-state index is -3.97. The lowest BCUT2D eigenvalue weighted by Gasteiger charge is -2.06. The fourth-order valence-electron chi connectivity index (χ4n) is 2.22. The second kappa shape index (κ2) is 4.49. The minimum Gasteiger partial charge on any atom is -0.399 e. The van der Waals surface area contributed by atoms with E-state index in [0.717, 1.165) is 9.54 Å². The highest BCUT2D eigenvalue weighted by Gasteiger charge is 2.22. The van der Waals surface area contributed by atoms with Gasteiger partial charge < -0.3 is 10.7 Å². The molecule has 0 radical (unpaired) electrons. The molecule has 0 atom stereocenters. The van der Waals surface area contributed by atoms with Crippen LogP contribution >= 0.6 is 0 Å². The number of hydrogen-bond donors (Lipinski definition) is 2. The second-order valence-electron chi connectivity index (χ2n) is 4.79. The van der Waals surface area contributed by atoms with E-state index in [2.05, 4.69) is 4.98 Å². The Hall–Kier alpha value is -2.54. The fourth-order valence-corrected chi connectivity index (χ4v) is 3.69. The predicted molar refractivity (Wildman–Crippen MR) is 80.7 cm³/mol. The standard InChI is InChI=1S/C14H13N3O3S/c1-9-3-2-4-11(7-9)21(19,20)17-13-8-10(15)5-6-12(13)16-14(17)18/h2-8H,15H2,1H3,(H,16,18). The van der Waals surface area contributed by atoms with Crippen molar-refractivity contribution in [2.45, 2.75) is 11.8 Å². The number of imidazole rings is 1. The van der Waals surface area contributed by atoms with Gasteiger partial charge in [-0.3, -0.25) is 0 Å². The van der Waals surface area contributed by atoms with Crippen LogP contribution in [0.1, 0.15) is 5.56 Å². The van der Waals surface area contributed by atoms with Gasteiger partial charge in [0.15, 0.2) is 0 Å². The van der Waals surface area contributed by atoms with Crippen molar-refractivity contribution in [2.75, 3.05) is 5.73 Å². The molecule has 108 valence electrons. The number of H-pyrrole nitrogens is 1. The molecule has 21 heavy (non-hydrogen) atoms. The number of nitrogens with two attached hydrogens (primary N) is 1. The van der Waals surface area contributed by atoms with E-state index in [9.17, 15) is 13.2 Å². The smallest absolute Gasteiger partial charge is 0.340 e. The number of nitrogens with one attached hydrogen (secondary N) is 1. The third kappa shape index (κ3) is 2.11. The average molecular weight is 303 g/mol. The van der Waals surface area contributed by atoms with E-state index < -0.39 is 15.7 Å². The Labute approximate surface area is 120 Å². The summed E-state index contributed by atoms with van der Waals surface area (Å²) in [5.74, 6) is 0. The van der Waals surface area contributed by atoms with Crippen molar-refractivity contribution in [1.29, 1.82) is 0 Å². The summed E-state index contributed by atoms with van der Waals surface area (Å²) in [6.07, 6.45) is 0. The van der Waals surface area contributed by atoms with E-state index >= 15 is 0 Å².